The molecular weight excluding hydrogens is 581 g/mol. The molecule has 224 valence electrons. The minimum atomic E-state index is -3.69. The molecule has 5 rings (SSSR count). The van der Waals surface area contributed by atoms with E-state index in [0.29, 0.717) is 27.9 Å². The zero-order valence-corrected chi connectivity index (χ0v) is 23.9. The van der Waals surface area contributed by atoms with E-state index in [1.165, 1.54) is 35.1 Å². The summed E-state index contributed by atoms with van der Waals surface area (Å²) in [6.07, 6.45) is 1.13. The van der Waals surface area contributed by atoms with E-state index >= 15 is 0 Å². The molecule has 5 aromatic rings. The van der Waals surface area contributed by atoms with Crippen LogP contribution in [0.25, 0.3) is 16.6 Å². The predicted octanol–water partition coefficient (Wildman–Crippen LogP) is 3.51. The molecule has 3 aromatic carbocycles. The Hall–Kier alpha value is -4.92. The number of anilines is 2. The molecule has 2 heterocycles. The monoisotopic (exact) mass is 609 g/mol. The predicted molar refractivity (Wildman–Crippen MR) is 158 cm³/mol. The minimum Gasteiger partial charge on any atom is -0.489 e. The molecule has 2 aromatic heterocycles. The van der Waals surface area contributed by atoms with Gasteiger partial charge in [0.15, 0.2) is 11.6 Å². The van der Waals surface area contributed by atoms with Crippen molar-refractivity contribution in [3.63, 3.8) is 0 Å². The lowest BCUT2D eigenvalue weighted by Crippen LogP contribution is -2.22. The molecule has 0 unspecified atom stereocenters. The molecule has 43 heavy (non-hydrogen) atoms. The maximum absolute atomic E-state index is 14.0. The second kappa shape index (κ2) is 11.8. The molecule has 1 atom stereocenters. The number of sulfonamides is 1. The van der Waals surface area contributed by atoms with Crippen molar-refractivity contribution in [3.05, 3.63) is 89.5 Å². The minimum absolute atomic E-state index is 0.0751. The topological polar surface area (TPSA) is 182 Å². The fraction of sp³-hybridized carbons (Fsp3) is 0.172. The highest BCUT2D eigenvalue weighted by molar-refractivity contribution is 7.92. The van der Waals surface area contributed by atoms with Crippen molar-refractivity contribution in [2.75, 3.05) is 29.9 Å². The number of rotatable bonds is 11. The average molecular weight is 610 g/mol. The number of carbonyl (C=O) groups excluding carboxylic acids is 1. The van der Waals surface area contributed by atoms with Crippen LogP contribution in [0, 0.1) is 12.7 Å². The van der Waals surface area contributed by atoms with Crippen molar-refractivity contribution in [2.45, 2.75) is 13.0 Å². The first-order chi connectivity index (χ1) is 20.4. The van der Waals surface area contributed by atoms with Crippen LogP contribution in [-0.4, -0.2) is 64.8 Å². The van der Waals surface area contributed by atoms with Gasteiger partial charge in [0, 0.05) is 10.9 Å². The molecule has 0 saturated carbocycles. The molecule has 0 aliphatic carbocycles. The van der Waals surface area contributed by atoms with Gasteiger partial charge in [-0.15, -0.1) is 0 Å². The van der Waals surface area contributed by atoms with Gasteiger partial charge in [-0.25, -0.2) is 17.5 Å². The third-order valence-corrected chi connectivity index (χ3v) is 7.00. The first-order valence-electron chi connectivity index (χ1n) is 12.9. The number of H-pyrrole nitrogens is 1. The highest BCUT2D eigenvalue weighted by Gasteiger charge is 2.21. The lowest BCUT2D eigenvalue weighted by atomic mass is 10.1. The van der Waals surface area contributed by atoms with Crippen molar-refractivity contribution in [2.24, 2.45) is 0 Å². The van der Waals surface area contributed by atoms with E-state index in [0.717, 1.165) is 6.26 Å². The second-order valence-electron chi connectivity index (χ2n) is 9.81. The van der Waals surface area contributed by atoms with Crippen LogP contribution in [0.2, 0.25) is 0 Å². The summed E-state index contributed by atoms with van der Waals surface area (Å²) in [5.74, 6) is -0.265. The Morgan fingerprint density at radius 3 is 2.60 bits per heavy atom. The van der Waals surface area contributed by atoms with E-state index in [1.54, 1.807) is 43.3 Å². The molecule has 0 aliphatic heterocycles. The maximum atomic E-state index is 14.0. The van der Waals surface area contributed by atoms with Gasteiger partial charge in [-0.3, -0.25) is 9.52 Å². The molecule has 0 fully saturated rings. The molecule has 0 bridgehead atoms. The van der Waals surface area contributed by atoms with Gasteiger partial charge in [0.2, 0.25) is 15.8 Å². The Bertz CT molecular complexity index is 1940. The number of nitrogens with one attached hydrogen (secondary N) is 2. The van der Waals surface area contributed by atoms with Crippen LogP contribution in [0.4, 0.5) is 15.9 Å². The van der Waals surface area contributed by atoms with Gasteiger partial charge in [0.05, 0.1) is 41.7 Å². The fourth-order valence-electron chi connectivity index (χ4n) is 4.33. The lowest BCUT2D eigenvalue weighted by molar-refractivity contribution is 0.0539. The van der Waals surface area contributed by atoms with Crippen molar-refractivity contribution in [1.29, 1.82) is 0 Å². The van der Waals surface area contributed by atoms with Gasteiger partial charge in [-0.05, 0) is 61.0 Å². The molecular formula is C29H28FN5O7S. The van der Waals surface area contributed by atoms with Crippen LogP contribution in [0.5, 0.6) is 17.2 Å². The van der Waals surface area contributed by atoms with Crippen molar-refractivity contribution in [1.82, 2.24) is 14.8 Å². The Morgan fingerprint density at radius 1 is 1.14 bits per heavy atom. The number of aliphatic hydroxyl groups is 2. The quantitative estimate of drug-likeness (QED) is 0.140. The number of carbonyl (C=O) groups is 1. The van der Waals surface area contributed by atoms with Gasteiger partial charge < -0.3 is 30.4 Å². The number of aromatic nitrogens is 3. The van der Waals surface area contributed by atoms with E-state index in [-0.39, 0.29) is 40.9 Å². The Labute approximate surface area is 245 Å². The second-order valence-corrected chi connectivity index (χ2v) is 11.6. The highest BCUT2D eigenvalue weighted by Crippen LogP contribution is 2.33. The summed E-state index contributed by atoms with van der Waals surface area (Å²) in [5.41, 5.74) is 8.35. The number of nitrogens with zero attached hydrogens (tertiary/aromatic N) is 2. The van der Waals surface area contributed by atoms with Gasteiger partial charge >= 0.3 is 0 Å². The van der Waals surface area contributed by atoms with Crippen LogP contribution < -0.4 is 19.9 Å². The number of nitrogens with two attached hydrogens (primary N) is 1. The summed E-state index contributed by atoms with van der Waals surface area (Å²) in [6.45, 7) is 0.952. The van der Waals surface area contributed by atoms with E-state index in [4.69, 9.17) is 20.3 Å². The summed E-state index contributed by atoms with van der Waals surface area (Å²) >= 11 is 0. The van der Waals surface area contributed by atoms with Crippen LogP contribution >= 0.6 is 0 Å². The maximum Gasteiger partial charge on any atom is 0.229 e. The number of aromatic amines is 1. The molecule has 12 nitrogen and oxygen atoms in total. The van der Waals surface area contributed by atoms with E-state index in [1.807, 2.05) is 0 Å². The number of hydrogen-bond donors (Lipinski definition) is 5. The zero-order chi connectivity index (χ0) is 30.9. The normalized spacial score (nSPS) is 12.3. The largest absolute Gasteiger partial charge is 0.489 e. The molecule has 6 N–H and O–H groups in total. The molecule has 0 radical (unpaired) electrons. The Kier molecular flexibility index (Phi) is 8.08. The lowest BCUT2D eigenvalue weighted by Gasteiger charge is -2.14. The molecule has 0 saturated heterocycles. The van der Waals surface area contributed by atoms with E-state index < -0.39 is 34.3 Å². The SMILES string of the molecule is Cc1cc(-n2ncc(C(=O)c3cc4cc(OC[C@H](O)CO)c(NS(C)(=O)=O)cc4[nH]3)c2N)ccc1Oc1ccccc1F. The standard InChI is InChI=1S/C29H28FN5O7S/c1-16-9-18(7-8-25(16)42-26-6-4-3-5-21(26)30)35-29(31)20(13-32-35)28(38)24-10-17-11-27(41-15-19(37)14-36)23(12-22(17)33-24)34-43(2,39)40/h3-13,19,33-34,36-37H,14-15,31H2,1-2H3/t19-/m1/s1. The fourth-order valence-corrected chi connectivity index (χ4v) is 4.89. The summed E-state index contributed by atoms with van der Waals surface area (Å²) in [6, 6.07) is 15.6. The third-order valence-electron chi connectivity index (χ3n) is 6.41. The summed E-state index contributed by atoms with van der Waals surface area (Å²) in [5, 5.41) is 23.5. The Morgan fingerprint density at radius 2 is 1.91 bits per heavy atom. The molecule has 0 aliphatic rings. The van der Waals surface area contributed by atoms with Gasteiger partial charge in [-0.1, -0.05) is 12.1 Å². The van der Waals surface area contributed by atoms with Crippen molar-refractivity contribution < 1.29 is 37.3 Å². The Balaban J connectivity index is 1.42. The summed E-state index contributed by atoms with van der Waals surface area (Å²) < 4.78 is 52.8. The molecule has 0 amide bonds. The number of aliphatic hydroxyl groups excluding tert-OH is 2. The number of benzene rings is 3. The number of fused-ring (bicyclic) bond motifs is 1. The average Bonchev–Trinajstić information content (AvgIpc) is 3.55. The first-order valence-corrected chi connectivity index (χ1v) is 14.8. The van der Waals surface area contributed by atoms with Gasteiger partial charge in [0.1, 0.15) is 30.0 Å². The first kappa shape index (κ1) is 29.6. The van der Waals surface area contributed by atoms with Crippen LogP contribution in [0.1, 0.15) is 21.6 Å². The summed E-state index contributed by atoms with van der Waals surface area (Å²) in [4.78, 5) is 16.4. The molecule has 14 heteroatoms. The number of ketones is 1. The van der Waals surface area contributed by atoms with Crippen molar-refractivity contribution >= 4 is 38.2 Å². The smallest absolute Gasteiger partial charge is 0.229 e. The van der Waals surface area contributed by atoms with Crippen LogP contribution in [0.15, 0.2) is 66.9 Å². The number of para-hydroxylation sites is 1. The van der Waals surface area contributed by atoms with E-state index in [2.05, 4.69) is 14.8 Å². The van der Waals surface area contributed by atoms with E-state index in [9.17, 15) is 22.7 Å². The number of nitrogen functional groups attached to an aromatic ring is 1. The molecule has 0 spiro atoms. The van der Waals surface area contributed by atoms with Crippen molar-refractivity contribution in [3.8, 4) is 22.9 Å². The number of ether oxygens (including phenoxy) is 2. The van der Waals surface area contributed by atoms with Crippen LogP contribution in [0.3, 0.4) is 0 Å². The zero-order valence-electron chi connectivity index (χ0n) is 23.0. The third kappa shape index (κ3) is 6.45. The number of aryl methyl sites for hydroxylation is 1. The van der Waals surface area contributed by atoms with Gasteiger partial charge in [0.25, 0.3) is 0 Å². The van der Waals surface area contributed by atoms with Gasteiger partial charge in [-0.2, -0.15) is 5.10 Å². The highest BCUT2D eigenvalue weighted by atomic mass is 32.2. The van der Waals surface area contributed by atoms with Crippen LogP contribution in [-0.2, 0) is 10.0 Å². The summed E-state index contributed by atoms with van der Waals surface area (Å²) in [7, 11) is -3.69. The number of halogens is 1. The number of hydrogen-bond acceptors (Lipinski definition) is 9.